The van der Waals surface area contributed by atoms with Gasteiger partial charge in [-0.3, -0.25) is 0 Å². The maximum absolute atomic E-state index is 10.5. The van der Waals surface area contributed by atoms with Crippen molar-refractivity contribution in [3.05, 3.63) is 47.0 Å². The molecule has 0 saturated carbocycles. The van der Waals surface area contributed by atoms with E-state index in [1.54, 1.807) is 12.1 Å². The molecular weight excluding hydrogens is 264 g/mol. The summed E-state index contributed by atoms with van der Waals surface area (Å²) in [6.45, 7) is 5.35. The molecule has 0 aromatic heterocycles. The van der Waals surface area contributed by atoms with Gasteiger partial charge in [0.15, 0.2) is 0 Å². The third kappa shape index (κ3) is 2.27. The Bertz CT molecular complexity index is 695. The minimum atomic E-state index is 0.109. The molecule has 3 rings (SSSR count). The normalized spacial score (nSPS) is 13.8. The number of nitrogen functional groups attached to an aromatic ring is 1. The molecule has 0 unspecified atom stereocenters. The number of fused-ring (bicyclic) bond motifs is 1. The van der Waals surface area contributed by atoms with Crippen molar-refractivity contribution in [1.82, 2.24) is 0 Å². The van der Waals surface area contributed by atoms with E-state index in [1.807, 2.05) is 36.9 Å². The molecule has 0 aliphatic carbocycles. The SMILES string of the molecule is CC(C)c1ccc(O)c(N2Cc3ccc(N)cc3C2)c1O. The van der Waals surface area contributed by atoms with Gasteiger partial charge in [0.05, 0.1) is 0 Å². The molecule has 110 valence electrons. The minimum Gasteiger partial charge on any atom is -0.506 e. The van der Waals surface area contributed by atoms with Crippen LogP contribution in [-0.4, -0.2) is 10.2 Å². The summed E-state index contributed by atoms with van der Waals surface area (Å²) in [5.74, 6) is 0.480. The Kier molecular flexibility index (Phi) is 3.16. The predicted octanol–water partition coefficient (Wildman–Crippen LogP) is 3.32. The van der Waals surface area contributed by atoms with E-state index in [2.05, 4.69) is 0 Å². The summed E-state index contributed by atoms with van der Waals surface area (Å²) in [7, 11) is 0. The van der Waals surface area contributed by atoms with Gasteiger partial charge in [-0.05, 0) is 40.8 Å². The standard InChI is InChI=1S/C17H20N2O2/c1-10(2)14-5-6-15(20)16(17(14)21)19-8-11-3-4-13(18)7-12(11)9-19/h3-7,10,20-21H,8-9,18H2,1-2H3. The van der Waals surface area contributed by atoms with Gasteiger partial charge in [-0.2, -0.15) is 0 Å². The van der Waals surface area contributed by atoms with E-state index in [9.17, 15) is 10.2 Å². The van der Waals surface area contributed by atoms with Crippen molar-refractivity contribution >= 4 is 11.4 Å². The minimum absolute atomic E-state index is 0.109. The van der Waals surface area contributed by atoms with Gasteiger partial charge in [-0.15, -0.1) is 0 Å². The highest BCUT2D eigenvalue weighted by Gasteiger charge is 2.25. The molecule has 0 fully saturated rings. The molecule has 21 heavy (non-hydrogen) atoms. The molecule has 0 atom stereocenters. The molecular formula is C17H20N2O2. The van der Waals surface area contributed by atoms with E-state index in [4.69, 9.17) is 5.73 Å². The van der Waals surface area contributed by atoms with Gasteiger partial charge in [0, 0.05) is 18.8 Å². The summed E-state index contributed by atoms with van der Waals surface area (Å²) in [6, 6.07) is 9.27. The highest BCUT2D eigenvalue weighted by Crippen LogP contribution is 2.44. The Morgan fingerprint density at radius 1 is 1.05 bits per heavy atom. The molecule has 0 radical (unpaired) electrons. The van der Waals surface area contributed by atoms with Crippen LogP contribution in [0.3, 0.4) is 0 Å². The van der Waals surface area contributed by atoms with E-state index in [0.717, 1.165) is 16.8 Å². The molecule has 0 bridgehead atoms. The van der Waals surface area contributed by atoms with Gasteiger partial charge in [-0.25, -0.2) is 0 Å². The number of hydrogen-bond donors (Lipinski definition) is 3. The average Bonchev–Trinajstić information content (AvgIpc) is 2.80. The van der Waals surface area contributed by atoms with Crippen LogP contribution in [0.4, 0.5) is 11.4 Å². The van der Waals surface area contributed by atoms with Crippen molar-refractivity contribution in [3.8, 4) is 11.5 Å². The van der Waals surface area contributed by atoms with Crippen LogP contribution in [-0.2, 0) is 13.1 Å². The smallest absolute Gasteiger partial charge is 0.146 e. The van der Waals surface area contributed by atoms with Crippen molar-refractivity contribution in [1.29, 1.82) is 0 Å². The highest BCUT2D eigenvalue weighted by molar-refractivity contribution is 5.71. The molecule has 2 aromatic rings. The van der Waals surface area contributed by atoms with Gasteiger partial charge >= 0.3 is 0 Å². The third-order valence-corrected chi connectivity index (χ3v) is 4.05. The Labute approximate surface area is 124 Å². The lowest BCUT2D eigenvalue weighted by Gasteiger charge is -2.22. The molecule has 4 nitrogen and oxygen atoms in total. The fourth-order valence-corrected chi connectivity index (χ4v) is 2.93. The number of rotatable bonds is 2. The maximum Gasteiger partial charge on any atom is 0.146 e. The Morgan fingerprint density at radius 3 is 2.48 bits per heavy atom. The molecule has 1 aliphatic rings. The van der Waals surface area contributed by atoms with E-state index >= 15 is 0 Å². The molecule has 1 heterocycles. The number of phenols is 2. The van der Waals surface area contributed by atoms with Crippen molar-refractivity contribution in [2.75, 3.05) is 10.6 Å². The summed E-state index contributed by atoms with van der Waals surface area (Å²) < 4.78 is 0. The zero-order valence-corrected chi connectivity index (χ0v) is 12.3. The van der Waals surface area contributed by atoms with E-state index in [1.165, 1.54) is 5.56 Å². The van der Waals surface area contributed by atoms with Crippen molar-refractivity contribution < 1.29 is 10.2 Å². The van der Waals surface area contributed by atoms with Crippen LogP contribution in [0.1, 0.15) is 36.5 Å². The fourth-order valence-electron chi connectivity index (χ4n) is 2.93. The molecule has 0 spiro atoms. The van der Waals surface area contributed by atoms with Crippen LogP contribution in [0.25, 0.3) is 0 Å². The van der Waals surface area contributed by atoms with Crippen LogP contribution in [0.15, 0.2) is 30.3 Å². The zero-order chi connectivity index (χ0) is 15.1. The maximum atomic E-state index is 10.5. The quantitative estimate of drug-likeness (QED) is 0.740. The van der Waals surface area contributed by atoms with Gasteiger partial charge in [-0.1, -0.05) is 26.0 Å². The number of benzene rings is 2. The van der Waals surface area contributed by atoms with Crippen LogP contribution >= 0.6 is 0 Å². The van der Waals surface area contributed by atoms with Crippen LogP contribution in [0.5, 0.6) is 11.5 Å². The summed E-state index contributed by atoms with van der Waals surface area (Å²) in [4.78, 5) is 1.99. The Balaban J connectivity index is 2.01. The van der Waals surface area contributed by atoms with Gasteiger partial charge in [0.25, 0.3) is 0 Å². The first-order valence-corrected chi connectivity index (χ1v) is 7.14. The van der Waals surface area contributed by atoms with Crippen LogP contribution < -0.4 is 10.6 Å². The van der Waals surface area contributed by atoms with Gasteiger partial charge in [0.1, 0.15) is 17.2 Å². The first kappa shape index (κ1) is 13.6. The molecule has 0 saturated heterocycles. The highest BCUT2D eigenvalue weighted by atomic mass is 16.3. The lowest BCUT2D eigenvalue weighted by atomic mass is 10.0. The Hall–Kier alpha value is -2.36. The average molecular weight is 284 g/mol. The number of aromatic hydroxyl groups is 2. The molecule has 4 N–H and O–H groups in total. The van der Waals surface area contributed by atoms with Crippen LogP contribution in [0.2, 0.25) is 0 Å². The van der Waals surface area contributed by atoms with Gasteiger partial charge < -0.3 is 20.8 Å². The monoisotopic (exact) mass is 284 g/mol. The number of anilines is 2. The number of nitrogens with two attached hydrogens (primary N) is 1. The third-order valence-electron chi connectivity index (χ3n) is 4.05. The summed E-state index contributed by atoms with van der Waals surface area (Å²) in [5.41, 5.74) is 10.2. The zero-order valence-electron chi connectivity index (χ0n) is 12.3. The second kappa shape index (κ2) is 4.88. The first-order valence-electron chi connectivity index (χ1n) is 7.14. The molecule has 4 heteroatoms. The predicted molar refractivity (Wildman–Crippen MR) is 84.6 cm³/mol. The molecule has 2 aromatic carbocycles. The second-order valence-corrected chi connectivity index (χ2v) is 5.91. The first-order chi connectivity index (χ1) is 9.97. The van der Waals surface area contributed by atoms with Crippen molar-refractivity contribution in [2.24, 2.45) is 0 Å². The molecule has 0 amide bonds. The van der Waals surface area contributed by atoms with Crippen molar-refractivity contribution in [3.63, 3.8) is 0 Å². The van der Waals surface area contributed by atoms with E-state index < -0.39 is 0 Å². The summed E-state index contributed by atoms with van der Waals surface area (Å²) >= 11 is 0. The number of phenolic OH excluding ortho intramolecular Hbond substituents is 2. The Morgan fingerprint density at radius 2 is 1.76 bits per heavy atom. The van der Waals surface area contributed by atoms with Gasteiger partial charge in [0.2, 0.25) is 0 Å². The van der Waals surface area contributed by atoms with Crippen molar-refractivity contribution in [2.45, 2.75) is 32.9 Å². The fraction of sp³-hybridized carbons (Fsp3) is 0.294. The lowest BCUT2D eigenvalue weighted by Crippen LogP contribution is -2.15. The topological polar surface area (TPSA) is 69.7 Å². The summed E-state index contributed by atoms with van der Waals surface area (Å²) in [6.07, 6.45) is 0. The number of nitrogens with zero attached hydrogens (tertiary/aromatic N) is 1. The molecule has 1 aliphatic heterocycles. The van der Waals surface area contributed by atoms with E-state index in [0.29, 0.717) is 18.8 Å². The summed E-state index contributed by atoms with van der Waals surface area (Å²) in [5, 5.41) is 20.7. The van der Waals surface area contributed by atoms with Crippen LogP contribution in [0, 0.1) is 0 Å². The van der Waals surface area contributed by atoms with E-state index in [-0.39, 0.29) is 17.4 Å². The second-order valence-electron chi connectivity index (χ2n) is 5.91. The largest absolute Gasteiger partial charge is 0.506 e. The number of hydrogen-bond acceptors (Lipinski definition) is 4. The lowest BCUT2D eigenvalue weighted by molar-refractivity contribution is 0.442.